The van der Waals surface area contributed by atoms with Crippen molar-refractivity contribution in [3.63, 3.8) is 0 Å². The summed E-state index contributed by atoms with van der Waals surface area (Å²) in [5.74, 6) is 0. The van der Waals surface area contributed by atoms with Gasteiger partial charge in [-0.05, 0) is 36.5 Å². The lowest BCUT2D eigenvalue weighted by Crippen LogP contribution is -2.33. The first-order valence-corrected chi connectivity index (χ1v) is 7.31. The summed E-state index contributed by atoms with van der Waals surface area (Å²) in [5.41, 5.74) is 4.21. The van der Waals surface area contributed by atoms with Crippen LogP contribution >= 0.6 is 0 Å². The molecule has 0 spiro atoms. The van der Waals surface area contributed by atoms with Crippen molar-refractivity contribution < 1.29 is 4.57 Å². The third-order valence-corrected chi connectivity index (χ3v) is 3.56. The van der Waals surface area contributed by atoms with Crippen molar-refractivity contribution in [3.05, 3.63) is 65.5 Å². The number of aryl methyl sites for hydroxylation is 4. The van der Waals surface area contributed by atoms with Gasteiger partial charge in [-0.1, -0.05) is 37.6 Å². The molecule has 0 saturated carbocycles. The molecule has 0 radical (unpaired) electrons. The van der Waals surface area contributed by atoms with Gasteiger partial charge < -0.3 is 0 Å². The Morgan fingerprint density at radius 1 is 0.842 bits per heavy atom. The van der Waals surface area contributed by atoms with Crippen molar-refractivity contribution in [2.24, 2.45) is 0 Å². The maximum atomic E-state index is 2.28. The van der Waals surface area contributed by atoms with Crippen molar-refractivity contribution in [1.29, 1.82) is 0 Å². The van der Waals surface area contributed by atoms with E-state index in [0.29, 0.717) is 0 Å². The van der Waals surface area contributed by atoms with Crippen molar-refractivity contribution in [2.45, 2.75) is 46.1 Å². The molecule has 1 heterocycles. The predicted octanol–water partition coefficient (Wildman–Crippen LogP) is 3.87. The molecule has 0 aliphatic heterocycles. The van der Waals surface area contributed by atoms with E-state index >= 15 is 0 Å². The molecular formula is C18H24N+. The van der Waals surface area contributed by atoms with Gasteiger partial charge in [0.25, 0.3) is 0 Å². The maximum Gasteiger partial charge on any atom is 0.169 e. The molecule has 1 heteroatoms. The van der Waals surface area contributed by atoms with Gasteiger partial charge in [0.1, 0.15) is 0 Å². The fourth-order valence-corrected chi connectivity index (χ4v) is 2.19. The smallest absolute Gasteiger partial charge is 0.169 e. The minimum absolute atomic E-state index is 1.05. The van der Waals surface area contributed by atoms with Gasteiger partial charge in [0.15, 0.2) is 18.9 Å². The largest absolute Gasteiger partial charge is 0.205 e. The second-order valence-electron chi connectivity index (χ2n) is 5.28. The van der Waals surface area contributed by atoms with Crippen LogP contribution in [-0.2, 0) is 19.4 Å². The minimum atomic E-state index is 1.05. The number of hydrogen-bond donors (Lipinski definition) is 0. The highest BCUT2D eigenvalue weighted by atomic mass is 14.9. The highest BCUT2D eigenvalue weighted by Crippen LogP contribution is 2.08. The van der Waals surface area contributed by atoms with Gasteiger partial charge in [0.05, 0.1) is 0 Å². The van der Waals surface area contributed by atoms with E-state index in [0.717, 1.165) is 13.0 Å². The summed E-state index contributed by atoms with van der Waals surface area (Å²) in [5, 5.41) is 0. The van der Waals surface area contributed by atoms with Gasteiger partial charge in [-0.2, -0.15) is 0 Å². The fourth-order valence-electron chi connectivity index (χ4n) is 2.19. The summed E-state index contributed by atoms with van der Waals surface area (Å²) in [7, 11) is 0. The fraction of sp³-hybridized carbons (Fsp3) is 0.389. The molecule has 0 fully saturated rings. The van der Waals surface area contributed by atoms with Gasteiger partial charge >= 0.3 is 0 Å². The number of hydrogen-bond acceptors (Lipinski definition) is 0. The molecule has 2 rings (SSSR count). The predicted molar refractivity (Wildman–Crippen MR) is 80.1 cm³/mol. The van der Waals surface area contributed by atoms with E-state index in [9.17, 15) is 0 Å². The monoisotopic (exact) mass is 254 g/mol. The number of nitrogens with zero attached hydrogens (tertiary/aromatic N) is 1. The lowest BCUT2D eigenvalue weighted by Gasteiger charge is -2.03. The van der Waals surface area contributed by atoms with Crippen LogP contribution in [0.4, 0.5) is 0 Å². The Morgan fingerprint density at radius 3 is 2.00 bits per heavy atom. The van der Waals surface area contributed by atoms with Crippen molar-refractivity contribution >= 4 is 0 Å². The van der Waals surface area contributed by atoms with Crippen LogP contribution in [0.1, 0.15) is 36.5 Å². The van der Waals surface area contributed by atoms with Crippen LogP contribution in [-0.4, -0.2) is 0 Å². The van der Waals surface area contributed by atoms with E-state index in [1.807, 2.05) is 0 Å². The molecule has 1 aromatic heterocycles. The Morgan fingerprint density at radius 2 is 1.42 bits per heavy atom. The lowest BCUT2D eigenvalue weighted by molar-refractivity contribution is -0.696. The highest BCUT2D eigenvalue weighted by Gasteiger charge is 2.01. The molecule has 0 saturated heterocycles. The molecule has 0 bridgehead atoms. The number of rotatable bonds is 6. The van der Waals surface area contributed by atoms with Crippen molar-refractivity contribution in [2.75, 3.05) is 0 Å². The summed E-state index contributed by atoms with van der Waals surface area (Å²) in [4.78, 5) is 0. The van der Waals surface area contributed by atoms with Crippen LogP contribution in [0.25, 0.3) is 0 Å². The molecule has 1 nitrogen and oxygen atoms in total. The van der Waals surface area contributed by atoms with E-state index in [4.69, 9.17) is 0 Å². The van der Waals surface area contributed by atoms with Crippen LogP contribution in [0, 0.1) is 6.92 Å². The van der Waals surface area contributed by atoms with E-state index in [-0.39, 0.29) is 0 Å². The normalized spacial score (nSPS) is 10.6. The van der Waals surface area contributed by atoms with Crippen LogP contribution in [0.5, 0.6) is 0 Å². The molecule has 0 atom stereocenters. The molecular weight excluding hydrogens is 230 g/mol. The number of unbranched alkanes of at least 4 members (excludes halogenated alkanes) is 1. The van der Waals surface area contributed by atoms with Crippen LogP contribution in [0.2, 0.25) is 0 Å². The Bertz CT molecular complexity index is 482. The Labute approximate surface area is 116 Å². The molecule has 2 aromatic rings. The highest BCUT2D eigenvalue weighted by molar-refractivity contribution is 5.22. The Kier molecular flexibility index (Phi) is 5.14. The van der Waals surface area contributed by atoms with E-state index in [2.05, 4.69) is 67.2 Å². The molecule has 0 unspecified atom stereocenters. The first-order chi connectivity index (χ1) is 9.28. The van der Waals surface area contributed by atoms with Gasteiger partial charge in [-0.15, -0.1) is 0 Å². The second-order valence-corrected chi connectivity index (χ2v) is 5.28. The van der Waals surface area contributed by atoms with Gasteiger partial charge in [-0.3, -0.25) is 0 Å². The first kappa shape index (κ1) is 13.8. The Balaban J connectivity index is 1.87. The average Bonchev–Trinajstić information content (AvgIpc) is 2.46. The van der Waals surface area contributed by atoms with Crippen molar-refractivity contribution in [3.8, 4) is 0 Å². The molecule has 19 heavy (non-hydrogen) atoms. The number of pyridine rings is 1. The van der Waals surface area contributed by atoms with Crippen molar-refractivity contribution in [1.82, 2.24) is 0 Å². The SMILES string of the molecule is CCCCc1ccc(CC[n+]2ccc(C)cc2)cc1. The molecule has 100 valence electrons. The van der Waals surface area contributed by atoms with E-state index < -0.39 is 0 Å². The van der Waals surface area contributed by atoms with Gasteiger partial charge in [0, 0.05) is 18.6 Å². The zero-order valence-corrected chi connectivity index (χ0v) is 12.1. The Hall–Kier alpha value is -1.63. The van der Waals surface area contributed by atoms with Gasteiger partial charge in [-0.25, -0.2) is 4.57 Å². The second kappa shape index (κ2) is 7.08. The molecule has 0 amide bonds. The lowest BCUT2D eigenvalue weighted by atomic mass is 10.0. The zero-order chi connectivity index (χ0) is 13.5. The standard InChI is InChI=1S/C18H24N/c1-3-4-5-17-6-8-18(9-7-17)12-15-19-13-10-16(2)11-14-19/h6-11,13-14H,3-5,12,15H2,1-2H3/q+1. The quantitative estimate of drug-likeness (QED) is 0.689. The molecule has 0 aliphatic rings. The molecule has 0 aliphatic carbocycles. The molecule has 0 N–H and O–H groups in total. The third-order valence-electron chi connectivity index (χ3n) is 3.56. The van der Waals surface area contributed by atoms with E-state index in [1.54, 1.807) is 0 Å². The topological polar surface area (TPSA) is 3.88 Å². The number of aromatic nitrogens is 1. The minimum Gasteiger partial charge on any atom is -0.205 e. The van der Waals surface area contributed by atoms with Gasteiger partial charge in [0.2, 0.25) is 0 Å². The summed E-state index contributed by atoms with van der Waals surface area (Å²) >= 11 is 0. The van der Waals surface area contributed by atoms with Crippen LogP contribution < -0.4 is 4.57 Å². The average molecular weight is 254 g/mol. The summed E-state index contributed by atoms with van der Waals surface area (Å²) < 4.78 is 2.25. The number of benzene rings is 1. The summed E-state index contributed by atoms with van der Waals surface area (Å²) in [6, 6.07) is 13.4. The summed E-state index contributed by atoms with van der Waals surface area (Å²) in [6.45, 7) is 5.42. The van der Waals surface area contributed by atoms with Crippen LogP contribution in [0.15, 0.2) is 48.8 Å². The van der Waals surface area contributed by atoms with Crippen LogP contribution in [0.3, 0.4) is 0 Å². The maximum absolute atomic E-state index is 2.28. The summed E-state index contributed by atoms with van der Waals surface area (Å²) in [6.07, 6.45) is 9.19. The molecule has 1 aromatic carbocycles. The third kappa shape index (κ3) is 4.51. The first-order valence-electron chi connectivity index (χ1n) is 7.31. The van der Waals surface area contributed by atoms with E-state index in [1.165, 1.54) is 36.0 Å². The zero-order valence-electron chi connectivity index (χ0n) is 12.1.